The highest BCUT2D eigenvalue weighted by Crippen LogP contribution is 2.20. The lowest BCUT2D eigenvalue weighted by molar-refractivity contribution is -0.131. The van der Waals surface area contributed by atoms with E-state index in [-0.39, 0.29) is 17.0 Å². The lowest BCUT2D eigenvalue weighted by Crippen LogP contribution is -2.15. The second kappa shape index (κ2) is 7.56. The minimum Gasteiger partial charge on any atom is -0.478 e. The molecule has 23 heavy (non-hydrogen) atoms. The summed E-state index contributed by atoms with van der Waals surface area (Å²) in [6.45, 7) is 0. The number of carbonyl (C=O) groups excluding carboxylic acids is 1. The van der Waals surface area contributed by atoms with Crippen LogP contribution in [-0.4, -0.2) is 17.0 Å². The van der Waals surface area contributed by atoms with Crippen LogP contribution in [0.25, 0.3) is 6.08 Å². The molecular weight excluding hydrogens is 321 g/mol. The number of hydrogen-bond donors (Lipinski definition) is 2. The van der Waals surface area contributed by atoms with E-state index in [0.717, 1.165) is 6.08 Å². The maximum Gasteiger partial charge on any atom is 0.328 e. The summed E-state index contributed by atoms with van der Waals surface area (Å²) in [6.07, 6.45) is 2.28. The van der Waals surface area contributed by atoms with Crippen molar-refractivity contribution in [2.45, 2.75) is 6.42 Å². The highest BCUT2D eigenvalue weighted by Gasteiger charge is 2.12. The molecule has 0 aliphatic carbocycles. The van der Waals surface area contributed by atoms with Gasteiger partial charge in [0.25, 0.3) is 0 Å². The van der Waals surface area contributed by atoms with Crippen LogP contribution in [0.5, 0.6) is 0 Å². The van der Waals surface area contributed by atoms with Gasteiger partial charge in [-0.1, -0.05) is 29.8 Å². The molecule has 4 nitrogen and oxygen atoms in total. The Morgan fingerprint density at radius 3 is 2.48 bits per heavy atom. The van der Waals surface area contributed by atoms with Gasteiger partial charge in [-0.3, -0.25) is 4.79 Å². The van der Waals surface area contributed by atoms with E-state index in [2.05, 4.69) is 5.32 Å². The number of hydrogen-bond acceptors (Lipinski definition) is 2. The first-order valence-electron chi connectivity index (χ1n) is 6.69. The van der Waals surface area contributed by atoms with Gasteiger partial charge in [-0.2, -0.15) is 0 Å². The number of benzene rings is 2. The Bertz CT molecular complexity index is 737. The summed E-state index contributed by atoms with van der Waals surface area (Å²) in [5, 5.41) is 11.4. The SMILES string of the molecule is O=C(O)C=Cc1ccc(NC(=O)Cc2c(F)cccc2Cl)cc1. The van der Waals surface area contributed by atoms with Crippen molar-refractivity contribution in [3.8, 4) is 0 Å². The maximum atomic E-state index is 13.6. The Morgan fingerprint density at radius 1 is 1.17 bits per heavy atom. The fourth-order valence-electron chi connectivity index (χ4n) is 1.91. The third-order valence-corrected chi connectivity index (χ3v) is 3.37. The smallest absolute Gasteiger partial charge is 0.328 e. The molecule has 0 heterocycles. The van der Waals surface area contributed by atoms with E-state index < -0.39 is 17.7 Å². The molecule has 2 rings (SSSR count). The summed E-state index contributed by atoms with van der Waals surface area (Å²) in [7, 11) is 0. The van der Waals surface area contributed by atoms with E-state index in [1.807, 2.05) is 0 Å². The lowest BCUT2D eigenvalue weighted by atomic mass is 10.1. The van der Waals surface area contributed by atoms with Gasteiger partial charge >= 0.3 is 5.97 Å². The van der Waals surface area contributed by atoms with Crippen molar-refractivity contribution in [1.29, 1.82) is 0 Å². The molecule has 118 valence electrons. The molecule has 2 aromatic carbocycles. The number of carboxylic acid groups (broad SMARTS) is 1. The van der Waals surface area contributed by atoms with Gasteiger partial charge < -0.3 is 10.4 Å². The molecule has 0 aliphatic rings. The van der Waals surface area contributed by atoms with Gasteiger partial charge in [0.05, 0.1) is 6.42 Å². The van der Waals surface area contributed by atoms with Crippen LogP contribution in [0, 0.1) is 5.82 Å². The molecule has 0 aromatic heterocycles. The first kappa shape index (κ1) is 16.7. The number of anilines is 1. The fourth-order valence-corrected chi connectivity index (χ4v) is 2.14. The molecule has 1 amide bonds. The molecular formula is C17H13ClFNO3. The maximum absolute atomic E-state index is 13.6. The van der Waals surface area contributed by atoms with E-state index in [0.29, 0.717) is 11.3 Å². The zero-order valence-corrected chi connectivity index (χ0v) is 12.7. The molecule has 0 saturated carbocycles. The highest BCUT2D eigenvalue weighted by molar-refractivity contribution is 6.31. The predicted octanol–water partition coefficient (Wildman–Crippen LogP) is 3.76. The molecule has 0 bridgehead atoms. The molecule has 0 saturated heterocycles. The first-order chi connectivity index (χ1) is 11.0. The summed E-state index contributed by atoms with van der Waals surface area (Å²) in [5.41, 5.74) is 1.35. The molecule has 6 heteroatoms. The van der Waals surface area contributed by atoms with Crippen molar-refractivity contribution < 1.29 is 19.1 Å². The number of amides is 1. The molecule has 2 aromatic rings. The van der Waals surface area contributed by atoms with E-state index in [4.69, 9.17) is 16.7 Å². The van der Waals surface area contributed by atoms with Gasteiger partial charge in [-0.15, -0.1) is 0 Å². The standard InChI is InChI=1S/C17H13ClFNO3/c18-14-2-1-3-15(19)13(14)10-16(21)20-12-7-4-11(5-8-12)6-9-17(22)23/h1-9H,10H2,(H,20,21)(H,22,23). The van der Waals surface area contributed by atoms with Gasteiger partial charge in [0.15, 0.2) is 0 Å². The van der Waals surface area contributed by atoms with Crippen LogP contribution in [0.2, 0.25) is 5.02 Å². The number of carbonyl (C=O) groups is 2. The summed E-state index contributed by atoms with van der Waals surface area (Å²) in [5.74, 6) is -1.96. The molecule has 0 unspecified atom stereocenters. The number of rotatable bonds is 5. The second-order valence-corrected chi connectivity index (χ2v) is 5.13. The van der Waals surface area contributed by atoms with E-state index in [1.165, 1.54) is 24.3 Å². The van der Waals surface area contributed by atoms with E-state index in [1.54, 1.807) is 24.3 Å². The molecule has 0 aliphatic heterocycles. The average molecular weight is 334 g/mol. The monoisotopic (exact) mass is 333 g/mol. The second-order valence-electron chi connectivity index (χ2n) is 4.72. The third kappa shape index (κ3) is 4.93. The van der Waals surface area contributed by atoms with Gasteiger partial charge in [0.1, 0.15) is 5.82 Å². The molecule has 0 spiro atoms. The van der Waals surface area contributed by atoms with Crippen LogP contribution in [-0.2, 0) is 16.0 Å². The average Bonchev–Trinajstić information content (AvgIpc) is 2.50. The normalized spacial score (nSPS) is 10.7. The van der Waals surface area contributed by atoms with Crippen LogP contribution in [0.15, 0.2) is 48.5 Å². The Kier molecular flexibility index (Phi) is 5.49. The Labute approximate surface area is 137 Å². The van der Waals surface area contributed by atoms with E-state index >= 15 is 0 Å². The van der Waals surface area contributed by atoms with Gasteiger partial charge in [-0.05, 0) is 35.9 Å². The number of carboxylic acids is 1. The van der Waals surface area contributed by atoms with Crippen LogP contribution in [0.4, 0.5) is 10.1 Å². The molecule has 2 N–H and O–H groups in total. The largest absolute Gasteiger partial charge is 0.478 e. The zero-order chi connectivity index (χ0) is 16.8. The van der Waals surface area contributed by atoms with Gasteiger partial charge in [0.2, 0.25) is 5.91 Å². The third-order valence-electron chi connectivity index (χ3n) is 3.01. The van der Waals surface area contributed by atoms with Crippen LogP contribution in [0.3, 0.4) is 0 Å². The molecule has 0 fully saturated rings. The lowest BCUT2D eigenvalue weighted by Gasteiger charge is -2.08. The highest BCUT2D eigenvalue weighted by atomic mass is 35.5. The number of aliphatic carboxylic acids is 1. The topological polar surface area (TPSA) is 66.4 Å². The fraction of sp³-hybridized carbons (Fsp3) is 0.0588. The van der Waals surface area contributed by atoms with Gasteiger partial charge in [0, 0.05) is 22.3 Å². The molecule has 0 radical (unpaired) electrons. The Hall–Kier alpha value is -2.66. The summed E-state index contributed by atoms with van der Waals surface area (Å²) in [4.78, 5) is 22.4. The molecule has 0 atom stereocenters. The van der Waals surface area contributed by atoms with Crippen LogP contribution in [0.1, 0.15) is 11.1 Å². The Morgan fingerprint density at radius 2 is 1.87 bits per heavy atom. The minimum absolute atomic E-state index is 0.146. The quantitative estimate of drug-likeness (QED) is 0.819. The Balaban J connectivity index is 2.02. The van der Waals surface area contributed by atoms with E-state index in [9.17, 15) is 14.0 Å². The number of halogens is 2. The first-order valence-corrected chi connectivity index (χ1v) is 7.07. The van der Waals surface area contributed by atoms with Crippen molar-refractivity contribution in [1.82, 2.24) is 0 Å². The predicted molar refractivity (Wildman–Crippen MR) is 86.9 cm³/mol. The van der Waals surface area contributed by atoms with Crippen LogP contribution < -0.4 is 5.32 Å². The van der Waals surface area contributed by atoms with Crippen molar-refractivity contribution in [2.24, 2.45) is 0 Å². The van der Waals surface area contributed by atoms with Crippen molar-refractivity contribution >= 4 is 35.2 Å². The van der Waals surface area contributed by atoms with Crippen molar-refractivity contribution in [3.63, 3.8) is 0 Å². The van der Waals surface area contributed by atoms with Crippen LogP contribution >= 0.6 is 11.6 Å². The number of nitrogens with one attached hydrogen (secondary N) is 1. The van der Waals surface area contributed by atoms with Gasteiger partial charge in [-0.25, -0.2) is 9.18 Å². The zero-order valence-electron chi connectivity index (χ0n) is 11.9. The summed E-state index contributed by atoms with van der Waals surface area (Å²) >= 11 is 5.88. The van der Waals surface area contributed by atoms with Crippen molar-refractivity contribution in [3.05, 3.63) is 70.5 Å². The summed E-state index contributed by atoms with van der Waals surface area (Å²) in [6, 6.07) is 10.8. The minimum atomic E-state index is -1.04. The summed E-state index contributed by atoms with van der Waals surface area (Å²) < 4.78 is 13.6. The van der Waals surface area contributed by atoms with Crippen molar-refractivity contribution in [2.75, 3.05) is 5.32 Å².